The van der Waals surface area contributed by atoms with Gasteiger partial charge in [0.15, 0.2) is 5.65 Å². The smallest absolute Gasteiger partial charge is 0.163 e. The quantitative estimate of drug-likeness (QED) is 0.874. The molecule has 19 heavy (non-hydrogen) atoms. The molecule has 2 aromatic rings. The first kappa shape index (κ1) is 12.7. The summed E-state index contributed by atoms with van der Waals surface area (Å²) in [4.78, 5) is 8.44. The van der Waals surface area contributed by atoms with E-state index in [-0.39, 0.29) is 0 Å². The van der Waals surface area contributed by atoms with Gasteiger partial charge in [0.25, 0.3) is 0 Å². The first-order valence-electron chi connectivity index (χ1n) is 6.35. The van der Waals surface area contributed by atoms with Gasteiger partial charge in [0.2, 0.25) is 0 Å². The van der Waals surface area contributed by atoms with Crippen molar-refractivity contribution in [3.05, 3.63) is 12.5 Å². The van der Waals surface area contributed by atoms with E-state index in [1.54, 1.807) is 10.9 Å². The Hall–Kier alpha value is -1.34. The number of aliphatic hydroxyl groups is 1. The number of nitrogens with one attached hydrogen (secondary N) is 1. The summed E-state index contributed by atoms with van der Waals surface area (Å²) in [5, 5.41) is 18.8. The number of anilines is 1. The molecule has 0 spiro atoms. The lowest BCUT2D eigenvalue weighted by atomic mass is 9.97. The summed E-state index contributed by atoms with van der Waals surface area (Å²) in [5.41, 5.74) is 0.175. The Morgan fingerprint density at radius 1 is 1.42 bits per heavy atom. The van der Waals surface area contributed by atoms with Gasteiger partial charge >= 0.3 is 0 Å². The maximum Gasteiger partial charge on any atom is 0.163 e. The highest BCUT2D eigenvalue weighted by molar-refractivity contribution is 7.99. The predicted octanol–water partition coefficient (Wildman–Crippen LogP) is 1.03. The highest BCUT2D eigenvalue weighted by Crippen LogP contribution is 2.27. The molecule has 0 saturated carbocycles. The van der Waals surface area contributed by atoms with E-state index < -0.39 is 5.60 Å². The first-order chi connectivity index (χ1) is 9.18. The third-order valence-corrected chi connectivity index (χ3v) is 4.52. The SMILES string of the molecule is Cn1ncc2c(NCC3(O)CCSCC3)ncnc21. The van der Waals surface area contributed by atoms with E-state index in [2.05, 4.69) is 20.4 Å². The third kappa shape index (κ3) is 2.52. The van der Waals surface area contributed by atoms with Crippen LogP contribution in [0.15, 0.2) is 12.5 Å². The molecule has 6 nitrogen and oxygen atoms in total. The van der Waals surface area contributed by atoms with Gasteiger partial charge in [0.05, 0.1) is 17.2 Å². The molecule has 0 bridgehead atoms. The summed E-state index contributed by atoms with van der Waals surface area (Å²) < 4.78 is 1.72. The summed E-state index contributed by atoms with van der Waals surface area (Å²) in [6, 6.07) is 0. The zero-order valence-electron chi connectivity index (χ0n) is 10.8. The molecule has 1 aliphatic rings. The summed E-state index contributed by atoms with van der Waals surface area (Å²) in [7, 11) is 1.85. The number of fused-ring (bicyclic) bond motifs is 1. The van der Waals surface area contributed by atoms with Crippen molar-refractivity contribution >= 4 is 28.6 Å². The van der Waals surface area contributed by atoms with Gasteiger partial charge in [-0.3, -0.25) is 4.68 Å². The molecule has 0 radical (unpaired) electrons. The van der Waals surface area contributed by atoms with E-state index in [1.807, 2.05) is 18.8 Å². The van der Waals surface area contributed by atoms with Crippen molar-refractivity contribution in [2.75, 3.05) is 23.4 Å². The largest absolute Gasteiger partial charge is 0.388 e. The molecular weight excluding hydrogens is 262 g/mol. The van der Waals surface area contributed by atoms with E-state index in [9.17, 15) is 5.11 Å². The minimum absolute atomic E-state index is 0.522. The van der Waals surface area contributed by atoms with Crippen LogP contribution in [0, 0.1) is 0 Å². The molecule has 1 saturated heterocycles. The predicted molar refractivity (Wildman–Crippen MR) is 76.3 cm³/mol. The van der Waals surface area contributed by atoms with Crippen LogP contribution in [0.4, 0.5) is 5.82 Å². The summed E-state index contributed by atoms with van der Waals surface area (Å²) in [5.74, 6) is 2.78. The Balaban J connectivity index is 1.78. The van der Waals surface area contributed by atoms with Crippen LogP contribution < -0.4 is 5.32 Å². The van der Waals surface area contributed by atoms with Gasteiger partial charge in [0.1, 0.15) is 12.1 Å². The highest BCUT2D eigenvalue weighted by Gasteiger charge is 2.29. The van der Waals surface area contributed by atoms with Crippen LogP contribution in [-0.2, 0) is 7.05 Å². The van der Waals surface area contributed by atoms with Gasteiger partial charge in [-0.15, -0.1) is 0 Å². The second kappa shape index (κ2) is 4.97. The molecule has 0 atom stereocenters. The Labute approximate surface area is 115 Å². The standard InChI is InChI=1S/C12H17N5OS/c1-17-11-9(6-16-17)10(14-8-15-11)13-7-12(18)2-4-19-5-3-12/h6,8,18H,2-5,7H2,1H3,(H,13,14,15). The molecule has 0 aromatic carbocycles. The molecule has 102 valence electrons. The molecule has 0 unspecified atom stereocenters. The molecule has 1 aliphatic heterocycles. The minimum Gasteiger partial charge on any atom is -0.388 e. The van der Waals surface area contributed by atoms with Gasteiger partial charge in [-0.1, -0.05) is 0 Å². The molecule has 3 heterocycles. The zero-order chi connectivity index (χ0) is 13.3. The molecule has 2 N–H and O–H groups in total. The topological polar surface area (TPSA) is 75.9 Å². The van der Waals surface area contributed by atoms with Crippen LogP contribution in [0.5, 0.6) is 0 Å². The van der Waals surface area contributed by atoms with E-state index >= 15 is 0 Å². The molecular formula is C12H17N5OS. The van der Waals surface area contributed by atoms with Crippen molar-refractivity contribution in [1.82, 2.24) is 19.7 Å². The van der Waals surface area contributed by atoms with Crippen LogP contribution >= 0.6 is 11.8 Å². The highest BCUT2D eigenvalue weighted by atomic mass is 32.2. The lowest BCUT2D eigenvalue weighted by molar-refractivity contribution is 0.0453. The molecule has 2 aromatic heterocycles. The lowest BCUT2D eigenvalue weighted by Gasteiger charge is -2.32. The fourth-order valence-electron chi connectivity index (χ4n) is 2.28. The number of hydrogen-bond acceptors (Lipinski definition) is 6. The normalized spacial score (nSPS) is 18.6. The molecule has 0 amide bonds. The second-order valence-electron chi connectivity index (χ2n) is 4.92. The van der Waals surface area contributed by atoms with Gasteiger partial charge in [-0.2, -0.15) is 16.9 Å². The Kier molecular flexibility index (Phi) is 3.32. The maximum absolute atomic E-state index is 10.5. The molecule has 0 aliphatic carbocycles. The molecule has 7 heteroatoms. The fraction of sp³-hybridized carbons (Fsp3) is 0.583. The van der Waals surface area contributed by atoms with Gasteiger partial charge < -0.3 is 10.4 Å². The van der Waals surface area contributed by atoms with Crippen LogP contribution in [0.3, 0.4) is 0 Å². The number of nitrogens with zero attached hydrogens (tertiary/aromatic N) is 4. The van der Waals surface area contributed by atoms with E-state index in [0.717, 1.165) is 41.2 Å². The van der Waals surface area contributed by atoms with Gasteiger partial charge in [-0.25, -0.2) is 9.97 Å². The number of hydrogen-bond donors (Lipinski definition) is 2. The van der Waals surface area contributed by atoms with Crippen molar-refractivity contribution in [2.24, 2.45) is 7.05 Å². The Morgan fingerprint density at radius 3 is 3.00 bits per heavy atom. The Bertz CT molecular complexity index is 579. The number of thioether (sulfide) groups is 1. The third-order valence-electron chi connectivity index (χ3n) is 3.54. The lowest BCUT2D eigenvalue weighted by Crippen LogP contribution is -2.40. The summed E-state index contributed by atoms with van der Waals surface area (Å²) in [6.45, 7) is 0.522. The number of aryl methyl sites for hydroxylation is 1. The average Bonchev–Trinajstić information content (AvgIpc) is 2.80. The summed E-state index contributed by atoms with van der Waals surface area (Å²) >= 11 is 1.90. The number of aromatic nitrogens is 4. The van der Waals surface area contributed by atoms with Crippen molar-refractivity contribution < 1.29 is 5.11 Å². The zero-order valence-corrected chi connectivity index (χ0v) is 11.7. The van der Waals surface area contributed by atoms with Crippen LogP contribution in [0.1, 0.15) is 12.8 Å². The monoisotopic (exact) mass is 279 g/mol. The van der Waals surface area contributed by atoms with Crippen molar-refractivity contribution in [3.8, 4) is 0 Å². The minimum atomic E-state index is -0.620. The fourth-order valence-corrected chi connectivity index (χ4v) is 3.53. The van der Waals surface area contributed by atoms with Crippen molar-refractivity contribution in [2.45, 2.75) is 18.4 Å². The van der Waals surface area contributed by atoms with E-state index in [4.69, 9.17) is 0 Å². The van der Waals surface area contributed by atoms with Crippen molar-refractivity contribution in [3.63, 3.8) is 0 Å². The van der Waals surface area contributed by atoms with Gasteiger partial charge in [0, 0.05) is 13.6 Å². The van der Waals surface area contributed by atoms with Crippen LogP contribution in [0.2, 0.25) is 0 Å². The first-order valence-corrected chi connectivity index (χ1v) is 7.50. The molecule has 3 rings (SSSR count). The maximum atomic E-state index is 10.5. The van der Waals surface area contributed by atoms with Crippen LogP contribution in [-0.4, -0.2) is 48.5 Å². The summed E-state index contributed by atoms with van der Waals surface area (Å²) in [6.07, 6.45) is 4.92. The van der Waals surface area contributed by atoms with Crippen molar-refractivity contribution in [1.29, 1.82) is 0 Å². The number of rotatable bonds is 3. The van der Waals surface area contributed by atoms with Gasteiger partial charge in [-0.05, 0) is 24.3 Å². The second-order valence-corrected chi connectivity index (χ2v) is 6.14. The molecule has 1 fully saturated rings. The van der Waals surface area contributed by atoms with E-state index in [0.29, 0.717) is 6.54 Å². The average molecular weight is 279 g/mol. The van der Waals surface area contributed by atoms with Crippen LogP contribution in [0.25, 0.3) is 11.0 Å². The van der Waals surface area contributed by atoms with E-state index in [1.165, 1.54) is 6.33 Å². The Morgan fingerprint density at radius 2 is 2.21 bits per heavy atom.